The van der Waals surface area contributed by atoms with Crippen molar-refractivity contribution in [1.29, 1.82) is 0 Å². The van der Waals surface area contributed by atoms with E-state index in [9.17, 15) is 0 Å². The first-order chi connectivity index (χ1) is 16.9. The normalized spacial score (nSPS) is 14.0. The van der Waals surface area contributed by atoms with Crippen LogP contribution in [-0.2, 0) is 19.4 Å². The lowest BCUT2D eigenvalue weighted by atomic mass is 9.96. The minimum absolute atomic E-state index is 0.470. The molecular weight excluding hydrogens is 430 g/mol. The van der Waals surface area contributed by atoms with Gasteiger partial charge in [0.15, 0.2) is 5.82 Å². The van der Waals surface area contributed by atoms with Crippen molar-refractivity contribution in [2.45, 2.75) is 86.2 Å². The van der Waals surface area contributed by atoms with E-state index in [0.29, 0.717) is 12.5 Å². The van der Waals surface area contributed by atoms with Crippen LogP contribution in [0.25, 0.3) is 11.4 Å². The summed E-state index contributed by atoms with van der Waals surface area (Å²) in [7, 11) is 0. The van der Waals surface area contributed by atoms with Crippen LogP contribution >= 0.6 is 0 Å². The molecule has 2 aromatic carbocycles. The molecule has 0 amide bonds. The fourth-order valence-electron chi connectivity index (χ4n) is 5.04. The number of rotatable bonds is 8. The fourth-order valence-corrected chi connectivity index (χ4v) is 5.04. The van der Waals surface area contributed by atoms with Crippen molar-refractivity contribution in [2.24, 2.45) is 0 Å². The zero-order chi connectivity index (χ0) is 24.9. The molecule has 1 aliphatic rings. The Bertz CT molecular complexity index is 1140. The van der Waals surface area contributed by atoms with Gasteiger partial charge in [-0.3, -0.25) is 0 Å². The number of benzene rings is 2. The molecule has 4 nitrogen and oxygen atoms in total. The van der Waals surface area contributed by atoms with E-state index in [1.54, 1.807) is 0 Å². The number of anilines is 1. The second-order valence-corrected chi connectivity index (χ2v) is 10.1. The molecule has 0 unspecified atom stereocenters. The third-order valence-corrected chi connectivity index (χ3v) is 7.32. The van der Waals surface area contributed by atoms with E-state index in [-0.39, 0.29) is 0 Å². The Morgan fingerprint density at radius 2 is 1.60 bits per heavy atom. The predicted molar refractivity (Wildman–Crippen MR) is 147 cm³/mol. The van der Waals surface area contributed by atoms with E-state index >= 15 is 0 Å². The Hall–Kier alpha value is -2.88. The number of piperidine rings is 1. The smallest absolute Gasteiger partial charge is 0.162 e. The molecule has 0 N–H and O–H groups in total. The highest BCUT2D eigenvalue weighted by Gasteiger charge is 2.22. The first-order valence-corrected chi connectivity index (χ1v) is 13.4. The van der Waals surface area contributed by atoms with Crippen LogP contribution in [-0.4, -0.2) is 23.1 Å². The van der Waals surface area contributed by atoms with E-state index in [0.717, 1.165) is 60.1 Å². The van der Waals surface area contributed by atoms with Gasteiger partial charge in [0.2, 0.25) is 0 Å². The summed E-state index contributed by atoms with van der Waals surface area (Å²) in [6.45, 7) is 15.7. The standard InChI is InChI=1S/C31H41N3O/c1-7-24-13-12-14-25(8-2)29(24)30-32-23(6)27(31(33-30)34-17-10-9-11-18-34)20-35-28-19-26(21(3)4)16-15-22(28)5/h12-16,19,21H,7-11,17-18,20H2,1-6H3. The summed E-state index contributed by atoms with van der Waals surface area (Å²) in [6, 6.07) is 13.2. The molecular formula is C31H41N3O. The van der Waals surface area contributed by atoms with Crippen molar-refractivity contribution in [3.63, 3.8) is 0 Å². The van der Waals surface area contributed by atoms with Crippen LogP contribution in [0.15, 0.2) is 36.4 Å². The average Bonchev–Trinajstić information content (AvgIpc) is 2.88. The SMILES string of the molecule is CCc1cccc(CC)c1-c1nc(C)c(COc2cc(C(C)C)ccc2C)c(N2CCCCC2)n1. The number of aromatic nitrogens is 2. The lowest BCUT2D eigenvalue weighted by molar-refractivity contribution is 0.301. The van der Waals surface area contributed by atoms with E-state index in [1.165, 1.54) is 41.5 Å². The van der Waals surface area contributed by atoms with E-state index in [1.807, 2.05) is 0 Å². The van der Waals surface area contributed by atoms with E-state index < -0.39 is 0 Å². The fraction of sp³-hybridized carbons (Fsp3) is 0.484. The Morgan fingerprint density at radius 1 is 0.914 bits per heavy atom. The highest BCUT2D eigenvalue weighted by Crippen LogP contribution is 2.33. The molecule has 2 heterocycles. The molecule has 0 spiro atoms. The van der Waals surface area contributed by atoms with Gasteiger partial charge in [-0.2, -0.15) is 0 Å². The highest BCUT2D eigenvalue weighted by molar-refractivity contribution is 5.68. The second kappa shape index (κ2) is 11.2. The quantitative estimate of drug-likeness (QED) is 0.339. The summed E-state index contributed by atoms with van der Waals surface area (Å²) >= 11 is 0. The Morgan fingerprint density at radius 3 is 2.23 bits per heavy atom. The zero-order valence-corrected chi connectivity index (χ0v) is 22.4. The molecule has 0 saturated carbocycles. The van der Waals surface area contributed by atoms with Gasteiger partial charge < -0.3 is 9.64 Å². The summed E-state index contributed by atoms with van der Waals surface area (Å²) < 4.78 is 6.45. The minimum Gasteiger partial charge on any atom is -0.488 e. The number of hydrogen-bond donors (Lipinski definition) is 0. The van der Waals surface area contributed by atoms with Gasteiger partial charge in [0.1, 0.15) is 18.2 Å². The molecule has 1 saturated heterocycles. The molecule has 0 aliphatic carbocycles. The van der Waals surface area contributed by atoms with Gasteiger partial charge in [-0.15, -0.1) is 0 Å². The topological polar surface area (TPSA) is 38.2 Å². The van der Waals surface area contributed by atoms with Crippen molar-refractivity contribution < 1.29 is 4.74 Å². The summed E-state index contributed by atoms with van der Waals surface area (Å²) in [4.78, 5) is 12.8. The maximum atomic E-state index is 6.45. The second-order valence-electron chi connectivity index (χ2n) is 10.1. The number of hydrogen-bond acceptors (Lipinski definition) is 4. The number of ether oxygens (including phenoxy) is 1. The molecule has 1 aliphatic heterocycles. The van der Waals surface area contributed by atoms with Gasteiger partial charge in [-0.05, 0) is 80.2 Å². The maximum Gasteiger partial charge on any atom is 0.162 e. The van der Waals surface area contributed by atoms with Crippen LogP contribution in [0.4, 0.5) is 5.82 Å². The Balaban J connectivity index is 1.77. The third-order valence-electron chi connectivity index (χ3n) is 7.32. The lowest BCUT2D eigenvalue weighted by Gasteiger charge is -2.30. The van der Waals surface area contributed by atoms with Crippen molar-refractivity contribution in [1.82, 2.24) is 9.97 Å². The summed E-state index contributed by atoms with van der Waals surface area (Å²) in [5.74, 6) is 3.34. The van der Waals surface area contributed by atoms with Crippen molar-refractivity contribution in [2.75, 3.05) is 18.0 Å². The minimum atomic E-state index is 0.470. The van der Waals surface area contributed by atoms with Crippen LogP contribution in [0.5, 0.6) is 5.75 Å². The third kappa shape index (κ3) is 5.52. The van der Waals surface area contributed by atoms with Crippen LogP contribution in [0.1, 0.15) is 86.4 Å². The summed E-state index contributed by atoms with van der Waals surface area (Å²) in [5, 5.41) is 0. The average molecular weight is 472 g/mol. The van der Waals surface area contributed by atoms with Crippen LogP contribution in [0.3, 0.4) is 0 Å². The monoisotopic (exact) mass is 471 g/mol. The molecule has 4 heteroatoms. The van der Waals surface area contributed by atoms with Crippen molar-refractivity contribution >= 4 is 5.82 Å². The first kappa shape index (κ1) is 25.2. The van der Waals surface area contributed by atoms with Crippen LogP contribution < -0.4 is 9.64 Å². The molecule has 1 aromatic heterocycles. The van der Waals surface area contributed by atoms with Gasteiger partial charge in [0, 0.05) is 18.7 Å². The van der Waals surface area contributed by atoms with Crippen molar-refractivity contribution in [3.05, 3.63) is 69.9 Å². The van der Waals surface area contributed by atoms with Gasteiger partial charge in [-0.1, -0.05) is 58.0 Å². The molecule has 3 aromatic rings. The van der Waals surface area contributed by atoms with Gasteiger partial charge in [-0.25, -0.2) is 9.97 Å². The first-order valence-electron chi connectivity index (χ1n) is 13.4. The molecule has 4 rings (SSSR count). The summed E-state index contributed by atoms with van der Waals surface area (Å²) in [6.07, 6.45) is 5.65. The van der Waals surface area contributed by atoms with Crippen molar-refractivity contribution in [3.8, 4) is 17.1 Å². The maximum absolute atomic E-state index is 6.45. The van der Waals surface area contributed by atoms with E-state index in [4.69, 9.17) is 14.7 Å². The lowest BCUT2D eigenvalue weighted by Crippen LogP contribution is -2.32. The number of nitrogens with zero attached hydrogens (tertiary/aromatic N) is 3. The number of aryl methyl sites for hydroxylation is 4. The molecule has 0 atom stereocenters. The van der Waals surface area contributed by atoms with E-state index in [2.05, 4.69) is 82.8 Å². The van der Waals surface area contributed by atoms with Gasteiger partial charge in [0.25, 0.3) is 0 Å². The van der Waals surface area contributed by atoms with Crippen LogP contribution in [0.2, 0.25) is 0 Å². The highest BCUT2D eigenvalue weighted by atomic mass is 16.5. The molecule has 0 bridgehead atoms. The van der Waals surface area contributed by atoms with Gasteiger partial charge in [0.05, 0.1) is 11.3 Å². The zero-order valence-electron chi connectivity index (χ0n) is 22.4. The van der Waals surface area contributed by atoms with Gasteiger partial charge >= 0.3 is 0 Å². The Kier molecular flexibility index (Phi) is 8.10. The molecule has 0 radical (unpaired) electrons. The largest absolute Gasteiger partial charge is 0.488 e. The predicted octanol–water partition coefficient (Wildman–Crippen LogP) is 7.58. The molecule has 35 heavy (non-hydrogen) atoms. The Labute approximate surface area is 211 Å². The molecule has 1 fully saturated rings. The molecule has 186 valence electrons. The summed E-state index contributed by atoms with van der Waals surface area (Å²) in [5.41, 5.74) is 8.43. The van der Waals surface area contributed by atoms with Crippen LogP contribution in [0, 0.1) is 13.8 Å².